The molecule has 1 aromatic rings. The SMILES string of the molecule is CCNc1cc(C(=O)N2CCNC(=O)C2C)cc(C)n1. The Labute approximate surface area is 118 Å². The molecule has 2 heterocycles. The Balaban J connectivity index is 2.26. The molecule has 2 amide bonds. The van der Waals surface area contributed by atoms with Gasteiger partial charge in [0.1, 0.15) is 11.9 Å². The number of anilines is 1. The highest BCUT2D eigenvalue weighted by Crippen LogP contribution is 2.15. The van der Waals surface area contributed by atoms with E-state index in [0.717, 1.165) is 12.2 Å². The maximum Gasteiger partial charge on any atom is 0.254 e. The summed E-state index contributed by atoms with van der Waals surface area (Å²) in [6.07, 6.45) is 0. The second-order valence-electron chi connectivity index (χ2n) is 4.88. The minimum Gasteiger partial charge on any atom is -0.370 e. The van der Waals surface area contributed by atoms with Gasteiger partial charge in [-0.1, -0.05) is 0 Å². The number of hydrogen-bond acceptors (Lipinski definition) is 4. The second-order valence-corrected chi connectivity index (χ2v) is 4.88. The summed E-state index contributed by atoms with van der Waals surface area (Å²) in [5.41, 5.74) is 1.34. The molecule has 1 unspecified atom stereocenters. The molecule has 6 nitrogen and oxygen atoms in total. The van der Waals surface area contributed by atoms with E-state index in [1.165, 1.54) is 0 Å². The molecule has 6 heteroatoms. The van der Waals surface area contributed by atoms with Crippen LogP contribution in [0.15, 0.2) is 12.1 Å². The Morgan fingerprint density at radius 3 is 3.00 bits per heavy atom. The summed E-state index contributed by atoms with van der Waals surface area (Å²) in [5.74, 6) is 0.448. The molecule has 1 saturated heterocycles. The minimum atomic E-state index is -0.438. The number of aromatic nitrogens is 1. The lowest BCUT2D eigenvalue weighted by molar-refractivity contribution is -0.127. The van der Waals surface area contributed by atoms with Crippen molar-refractivity contribution in [3.8, 4) is 0 Å². The first-order valence-electron chi connectivity index (χ1n) is 6.84. The third-order valence-corrected chi connectivity index (χ3v) is 3.32. The Morgan fingerprint density at radius 1 is 1.55 bits per heavy atom. The van der Waals surface area contributed by atoms with Crippen molar-refractivity contribution in [3.05, 3.63) is 23.4 Å². The normalized spacial score (nSPS) is 18.6. The number of carbonyl (C=O) groups excluding carboxylic acids is 2. The van der Waals surface area contributed by atoms with Crippen LogP contribution in [0.25, 0.3) is 0 Å². The van der Waals surface area contributed by atoms with Gasteiger partial charge in [0.25, 0.3) is 5.91 Å². The monoisotopic (exact) mass is 276 g/mol. The number of rotatable bonds is 3. The molecule has 1 aliphatic heterocycles. The first-order valence-corrected chi connectivity index (χ1v) is 6.84. The van der Waals surface area contributed by atoms with E-state index in [9.17, 15) is 9.59 Å². The van der Waals surface area contributed by atoms with Gasteiger partial charge in [0.2, 0.25) is 5.91 Å². The lowest BCUT2D eigenvalue weighted by Crippen LogP contribution is -2.55. The zero-order chi connectivity index (χ0) is 14.7. The van der Waals surface area contributed by atoms with Crippen LogP contribution >= 0.6 is 0 Å². The van der Waals surface area contributed by atoms with Crippen molar-refractivity contribution < 1.29 is 9.59 Å². The highest BCUT2D eigenvalue weighted by Gasteiger charge is 2.30. The third-order valence-electron chi connectivity index (χ3n) is 3.32. The standard InChI is InChI=1S/C14H20N4O2/c1-4-15-12-8-11(7-9(2)17-12)14(20)18-6-5-16-13(19)10(18)3/h7-8,10H,4-6H2,1-3H3,(H,15,17)(H,16,19). The first kappa shape index (κ1) is 14.3. The summed E-state index contributed by atoms with van der Waals surface area (Å²) >= 11 is 0. The fourth-order valence-corrected chi connectivity index (χ4v) is 2.29. The molecule has 0 spiro atoms. The van der Waals surface area contributed by atoms with E-state index in [-0.39, 0.29) is 11.8 Å². The zero-order valence-electron chi connectivity index (χ0n) is 12.1. The van der Waals surface area contributed by atoms with Gasteiger partial charge >= 0.3 is 0 Å². The second kappa shape index (κ2) is 5.90. The molecule has 0 bridgehead atoms. The number of piperazine rings is 1. The molecule has 1 aromatic heterocycles. The lowest BCUT2D eigenvalue weighted by atomic mass is 10.1. The summed E-state index contributed by atoms with van der Waals surface area (Å²) in [6, 6.07) is 3.05. The topological polar surface area (TPSA) is 74.3 Å². The molecule has 1 fully saturated rings. The summed E-state index contributed by atoms with van der Waals surface area (Å²) in [5, 5.41) is 5.86. The fraction of sp³-hybridized carbons (Fsp3) is 0.500. The molecule has 0 radical (unpaired) electrons. The number of nitrogens with zero attached hydrogens (tertiary/aromatic N) is 2. The van der Waals surface area contributed by atoms with Crippen LogP contribution in [0.2, 0.25) is 0 Å². The van der Waals surface area contributed by atoms with Crippen LogP contribution in [0, 0.1) is 6.92 Å². The van der Waals surface area contributed by atoms with Crippen molar-refractivity contribution in [3.63, 3.8) is 0 Å². The number of nitrogens with one attached hydrogen (secondary N) is 2. The molecule has 1 aliphatic rings. The van der Waals surface area contributed by atoms with Gasteiger partial charge in [-0.15, -0.1) is 0 Å². The number of aryl methyl sites for hydroxylation is 1. The molecule has 2 rings (SSSR count). The number of amides is 2. The van der Waals surface area contributed by atoms with Gasteiger partial charge in [0.05, 0.1) is 0 Å². The van der Waals surface area contributed by atoms with Crippen LogP contribution in [-0.4, -0.2) is 47.4 Å². The predicted molar refractivity (Wildman–Crippen MR) is 76.6 cm³/mol. The van der Waals surface area contributed by atoms with Crippen LogP contribution in [0.3, 0.4) is 0 Å². The van der Waals surface area contributed by atoms with E-state index < -0.39 is 6.04 Å². The average molecular weight is 276 g/mol. The zero-order valence-corrected chi connectivity index (χ0v) is 12.1. The van der Waals surface area contributed by atoms with E-state index >= 15 is 0 Å². The number of carbonyl (C=O) groups is 2. The lowest BCUT2D eigenvalue weighted by Gasteiger charge is -2.33. The largest absolute Gasteiger partial charge is 0.370 e. The molecule has 1 atom stereocenters. The van der Waals surface area contributed by atoms with Crippen molar-refractivity contribution in [2.75, 3.05) is 25.0 Å². The Hall–Kier alpha value is -2.11. The molecule has 20 heavy (non-hydrogen) atoms. The predicted octanol–water partition coefficient (Wildman–Crippen LogP) is 0.782. The van der Waals surface area contributed by atoms with Gasteiger partial charge in [-0.3, -0.25) is 9.59 Å². The van der Waals surface area contributed by atoms with Gasteiger partial charge in [-0.2, -0.15) is 0 Å². The highest BCUT2D eigenvalue weighted by atomic mass is 16.2. The van der Waals surface area contributed by atoms with Gasteiger partial charge < -0.3 is 15.5 Å². The average Bonchev–Trinajstić information content (AvgIpc) is 2.41. The molecular formula is C14H20N4O2. The molecule has 0 aromatic carbocycles. The van der Waals surface area contributed by atoms with Crippen molar-refractivity contribution >= 4 is 17.6 Å². The van der Waals surface area contributed by atoms with Gasteiger partial charge in [0.15, 0.2) is 0 Å². The van der Waals surface area contributed by atoms with E-state index in [1.54, 1.807) is 24.0 Å². The van der Waals surface area contributed by atoms with Crippen LogP contribution in [-0.2, 0) is 4.79 Å². The van der Waals surface area contributed by atoms with Crippen molar-refractivity contribution in [2.45, 2.75) is 26.8 Å². The van der Waals surface area contributed by atoms with E-state index in [1.807, 2.05) is 13.8 Å². The minimum absolute atomic E-state index is 0.109. The Bertz CT molecular complexity index is 530. The first-order chi connectivity index (χ1) is 9.52. The van der Waals surface area contributed by atoms with E-state index in [4.69, 9.17) is 0 Å². The summed E-state index contributed by atoms with van der Waals surface area (Å²) in [4.78, 5) is 30.1. The molecule has 0 aliphatic carbocycles. The maximum atomic E-state index is 12.6. The van der Waals surface area contributed by atoms with Gasteiger partial charge in [-0.05, 0) is 32.9 Å². The Morgan fingerprint density at radius 2 is 2.30 bits per heavy atom. The highest BCUT2D eigenvalue weighted by molar-refractivity contribution is 5.98. The number of hydrogen-bond donors (Lipinski definition) is 2. The van der Waals surface area contributed by atoms with Crippen molar-refractivity contribution in [1.29, 1.82) is 0 Å². The van der Waals surface area contributed by atoms with Gasteiger partial charge in [0, 0.05) is 30.9 Å². The third kappa shape index (κ3) is 2.89. The molecule has 108 valence electrons. The van der Waals surface area contributed by atoms with Crippen molar-refractivity contribution in [2.24, 2.45) is 0 Å². The maximum absolute atomic E-state index is 12.6. The van der Waals surface area contributed by atoms with Crippen LogP contribution in [0.1, 0.15) is 29.9 Å². The molecule has 0 saturated carbocycles. The summed E-state index contributed by atoms with van der Waals surface area (Å²) in [7, 11) is 0. The van der Waals surface area contributed by atoms with Crippen LogP contribution < -0.4 is 10.6 Å². The van der Waals surface area contributed by atoms with Crippen LogP contribution in [0.4, 0.5) is 5.82 Å². The van der Waals surface area contributed by atoms with E-state index in [2.05, 4.69) is 15.6 Å². The van der Waals surface area contributed by atoms with Crippen LogP contribution in [0.5, 0.6) is 0 Å². The van der Waals surface area contributed by atoms with E-state index in [0.29, 0.717) is 24.5 Å². The molecular weight excluding hydrogens is 256 g/mol. The smallest absolute Gasteiger partial charge is 0.254 e. The summed E-state index contributed by atoms with van der Waals surface area (Å²) in [6.45, 7) is 7.34. The number of pyridine rings is 1. The summed E-state index contributed by atoms with van der Waals surface area (Å²) < 4.78 is 0. The Kier molecular flexibility index (Phi) is 4.22. The van der Waals surface area contributed by atoms with Crippen molar-refractivity contribution in [1.82, 2.24) is 15.2 Å². The quantitative estimate of drug-likeness (QED) is 0.855. The molecule has 2 N–H and O–H groups in total. The fourth-order valence-electron chi connectivity index (χ4n) is 2.29. The van der Waals surface area contributed by atoms with Gasteiger partial charge in [-0.25, -0.2) is 4.98 Å².